The van der Waals surface area contributed by atoms with Crippen molar-refractivity contribution in [3.05, 3.63) is 29.1 Å². The number of carbonyl (C=O) groups is 1. The first kappa shape index (κ1) is 15.9. The molecule has 2 atom stereocenters. The highest BCUT2D eigenvalue weighted by molar-refractivity contribution is 5.97. The lowest BCUT2D eigenvalue weighted by atomic mass is 9.93. The zero-order valence-electron chi connectivity index (χ0n) is 12.5. The number of hydrogen-bond acceptors (Lipinski definition) is 4. The molecule has 1 aliphatic heterocycles. The molecule has 0 spiro atoms. The van der Waals surface area contributed by atoms with Gasteiger partial charge in [0, 0.05) is 18.7 Å². The Morgan fingerprint density at radius 1 is 1.52 bits per heavy atom. The summed E-state index contributed by atoms with van der Waals surface area (Å²) in [6.45, 7) is 5.02. The molecule has 2 N–H and O–H groups in total. The zero-order chi connectivity index (χ0) is 15.6. The molecule has 1 aromatic rings. The Kier molecular flexibility index (Phi) is 4.96. The number of phenols is 1. The van der Waals surface area contributed by atoms with Crippen LogP contribution >= 0.6 is 0 Å². The maximum Gasteiger partial charge on any atom is 0.163 e. The Labute approximate surface area is 124 Å². The fourth-order valence-corrected chi connectivity index (χ4v) is 2.91. The second-order valence-electron chi connectivity index (χ2n) is 5.90. The smallest absolute Gasteiger partial charge is 0.163 e. The van der Waals surface area contributed by atoms with E-state index in [0.717, 1.165) is 25.5 Å². The Morgan fingerprint density at radius 2 is 2.24 bits per heavy atom. The summed E-state index contributed by atoms with van der Waals surface area (Å²) in [6.07, 6.45) is 1.56. The van der Waals surface area contributed by atoms with Crippen LogP contribution < -0.4 is 0 Å². The number of Topliss-reactive ketones (excluding diaryl/α,β-unsaturated/α-hetero) is 1. The van der Waals surface area contributed by atoms with Gasteiger partial charge in [-0.05, 0) is 51.3 Å². The maximum absolute atomic E-state index is 13.6. The quantitative estimate of drug-likeness (QED) is 0.837. The number of ketones is 1. The first-order valence-electron chi connectivity index (χ1n) is 7.31. The number of rotatable bonds is 4. The van der Waals surface area contributed by atoms with E-state index in [9.17, 15) is 19.4 Å². The van der Waals surface area contributed by atoms with Crippen LogP contribution in [0.25, 0.3) is 0 Å². The third-order valence-electron chi connectivity index (χ3n) is 4.15. The normalized spacial score (nSPS) is 21.2. The molecule has 1 aromatic carbocycles. The van der Waals surface area contributed by atoms with E-state index in [1.165, 1.54) is 13.0 Å². The van der Waals surface area contributed by atoms with E-state index in [4.69, 9.17) is 0 Å². The molecule has 0 amide bonds. The summed E-state index contributed by atoms with van der Waals surface area (Å²) < 4.78 is 13.6. The number of aliphatic hydroxyl groups excluding tert-OH is 1. The van der Waals surface area contributed by atoms with Gasteiger partial charge in [0.05, 0.1) is 11.7 Å². The third-order valence-corrected chi connectivity index (χ3v) is 4.15. The number of halogens is 1. The number of hydrogen-bond donors (Lipinski definition) is 2. The molecule has 5 heteroatoms. The SMILES string of the molecule is CC(=O)c1cc(F)cc(CN2CCCC(C(C)O)C2)c1O. The van der Waals surface area contributed by atoms with Crippen LogP contribution in [-0.4, -0.2) is 40.1 Å². The van der Waals surface area contributed by atoms with Crippen LogP contribution in [0, 0.1) is 11.7 Å². The molecule has 0 bridgehead atoms. The monoisotopic (exact) mass is 295 g/mol. The Morgan fingerprint density at radius 3 is 2.86 bits per heavy atom. The lowest BCUT2D eigenvalue weighted by Gasteiger charge is -2.34. The molecule has 4 nitrogen and oxygen atoms in total. The summed E-state index contributed by atoms with van der Waals surface area (Å²) in [5, 5.41) is 19.8. The van der Waals surface area contributed by atoms with Crippen LogP contribution in [0.15, 0.2) is 12.1 Å². The number of benzene rings is 1. The predicted molar refractivity (Wildman–Crippen MR) is 77.8 cm³/mol. The number of aromatic hydroxyl groups is 1. The lowest BCUT2D eigenvalue weighted by molar-refractivity contribution is 0.0596. The van der Waals surface area contributed by atoms with Crippen molar-refractivity contribution in [1.29, 1.82) is 0 Å². The highest BCUT2D eigenvalue weighted by Gasteiger charge is 2.24. The molecule has 0 radical (unpaired) electrons. The highest BCUT2D eigenvalue weighted by atomic mass is 19.1. The molecule has 21 heavy (non-hydrogen) atoms. The molecule has 2 rings (SSSR count). The third kappa shape index (κ3) is 3.80. The average Bonchev–Trinajstić information content (AvgIpc) is 2.42. The molecular weight excluding hydrogens is 273 g/mol. The molecule has 1 heterocycles. The van der Waals surface area contributed by atoms with Gasteiger partial charge in [-0.1, -0.05) is 0 Å². The van der Waals surface area contributed by atoms with Gasteiger partial charge in [0.15, 0.2) is 5.78 Å². The average molecular weight is 295 g/mol. The van der Waals surface area contributed by atoms with E-state index >= 15 is 0 Å². The molecule has 0 saturated carbocycles. The van der Waals surface area contributed by atoms with E-state index in [0.29, 0.717) is 18.7 Å². The van der Waals surface area contributed by atoms with Gasteiger partial charge >= 0.3 is 0 Å². The van der Waals surface area contributed by atoms with Crippen LogP contribution in [0.1, 0.15) is 42.6 Å². The summed E-state index contributed by atoms with van der Waals surface area (Å²) in [5.41, 5.74) is 0.445. The summed E-state index contributed by atoms with van der Waals surface area (Å²) in [4.78, 5) is 13.5. The highest BCUT2D eigenvalue weighted by Crippen LogP contribution is 2.28. The van der Waals surface area contributed by atoms with Gasteiger partial charge in [0.2, 0.25) is 0 Å². The first-order valence-corrected chi connectivity index (χ1v) is 7.31. The lowest BCUT2D eigenvalue weighted by Crippen LogP contribution is -2.39. The van der Waals surface area contributed by atoms with Gasteiger partial charge in [0.25, 0.3) is 0 Å². The summed E-state index contributed by atoms with van der Waals surface area (Å²) >= 11 is 0. The van der Waals surface area contributed by atoms with Crippen LogP contribution in [0.3, 0.4) is 0 Å². The minimum Gasteiger partial charge on any atom is -0.507 e. The predicted octanol–water partition coefficient (Wildman–Crippen LogP) is 2.33. The molecule has 2 unspecified atom stereocenters. The van der Waals surface area contributed by atoms with Crippen molar-refractivity contribution in [3.8, 4) is 5.75 Å². The van der Waals surface area contributed by atoms with Crippen molar-refractivity contribution >= 4 is 5.78 Å². The van der Waals surface area contributed by atoms with Crippen molar-refractivity contribution in [3.63, 3.8) is 0 Å². The number of piperidine rings is 1. The fraction of sp³-hybridized carbons (Fsp3) is 0.562. The second-order valence-corrected chi connectivity index (χ2v) is 5.90. The molecular formula is C16H22FNO3. The van der Waals surface area contributed by atoms with Gasteiger partial charge in [-0.3, -0.25) is 9.69 Å². The van der Waals surface area contributed by atoms with Crippen molar-refractivity contribution in [1.82, 2.24) is 4.90 Å². The standard InChI is InChI=1S/C16H22FNO3/c1-10(19)12-4-3-5-18(8-12)9-13-6-14(17)7-15(11(2)20)16(13)21/h6-7,10,12,19,21H,3-5,8-9H2,1-2H3. The Bertz CT molecular complexity index is 530. The summed E-state index contributed by atoms with van der Waals surface area (Å²) in [7, 11) is 0. The van der Waals surface area contributed by atoms with Gasteiger partial charge < -0.3 is 10.2 Å². The number of phenolic OH excluding ortho intramolecular Hbond substituents is 1. The second kappa shape index (κ2) is 6.54. The van der Waals surface area contributed by atoms with Crippen LogP contribution in [-0.2, 0) is 6.54 Å². The van der Waals surface area contributed by atoms with E-state index in [1.54, 1.807) is 6.92 Å². The molecule has 116 valence electrons. The van der Waals surface area contributed by atoms with E-state index in [2.05, 4.69) is 4.90 Å². The number of likely N-dealkylation sites (tertiary alicyclic amines) is 1. The summed E-state index contributed by atoms with van der Waals surface area (Å²) in [6, 6.07) is 2.34. The topological polar surface area (TPSA) is 60.8 Å². The van der Waals surface area contributed by atoms with Crippen LogP contribution in [0.2, 0.25) is 0 Å². The molecule has 1 saturated heterocycles. The number of nitrogens with zero attached hydrogens (tertiary/aromatic N) is 1. The first-order chi connectivity index (χ1) is 9.88. The summed E-state index contributed by atoms with van der Waals surface area (Å²) in [5.74, 6) is -0.810. The van der Waals surface area contributed by atoms with E-state index < -0.39 is 5.82 Å². The minimum atomic E-state index is -0.517. The molecule has 1 fully saturated rings. The van der Waals surface area contributed by atoms with Crippen molar-refractivity contribution in [2.24, 2.45) is 5.92 Å². The minimum absolute atomic E-state index is 0.0223. The number of carbonyl (C=O) groups excluding carboxylic acids is 1. The van der Waals surface area contributed by atoms with Gasteiger partial charge in [-0.25, -0.2) is 4.39 Å². The Balaban J connectivity index is 2.17. The van der Waals surface area contributed by atoms with Gasteiger partial charge in [0.1, 0.15) is 11.6 Å². The Hall–Kier alpha value is -1.46. The molecule has 0 aromatic heterocycles. The molecule has 1 aliphatic rings. The zero-order valence-corrected chi connectivity index (χ0v) is 12.5. The van der Waals surface area contributed by atoms with Gasteiger partial charge in [-0.2, -0.15) is 0 Å². The van der Waals surface area contributed by atoms with Crippen LogP contribution in [0.5, 0.6) is 5.75 Å². The van der Waals surface area contributed by atoms with E-state index in [-0.39, 0.29) is 29.1 Å². The van der Waals surface area contributed by atoms with Crippen molar-refractivity contribution in [2.75, 3.05) is 13.1 Å². The van der Waals surface area contributed by atoms with Gasteiger partial charge in [-0.15, -0.1) is 0 Å². The van der Waals surface area contributed by atoms with E-state index in [1.807, 2.05) is 0 Å². The fourth-order valence-electron chi connectivity index (χ4n) is 2.91. The largest absolute Gasteiger partial charge is 0.507 e. The molecule has 0 aliphatic carbocycles. The van der Waals surface area contributed by atoms with Crippen molar-refractivity contribution in [2.45, 2.75) is 39.3 Å². The number of aliphatic hydroxyl groups is 1. The maximum atomic E-state index is 13.6. The van der Waals surface area contributed by atoms with Crippen LogP contribution in [0.4, 0.5) is 4.39 Å². The van der Waals surface area contributed by atoms with Crippen molar-refractivity contribution < 1.29 is 19.4 Å².